The summed E-state index contributed by atoms with van der Waals surface area (Å²) in [5, 5.41) is 10.7. The second-order valence-electron chi connectivity index (χ2n) is 3.59. The summed E-state index contributed by atoms with van der Waals surface area (Å²) < 4.78 is 15.7. The van der Waals surface area contributed by atoms with Gasteiger partial charge in [-0.25, -0.2) is 4.79 Å². The van der Waals surface area contributed by atoms with E-state index in [1.165, 1.54) is 6.07 Å². The van der Waals surface area contributed by atoms with Gasteiger partial charge in [-0.15, -0.1) is 0 Å². The van der Waals surface area contributed by atoms with Crippen molar-refractivity contribution in [3.8, 4) is 17.2 Å². The first kappa shape index (κ1) is 12.3. The first-order chi connectivity index (χ1) is 8.67. The molecule has 0 spiro atoms. The minimum atomic E-state index is -0.524. The molecule has 1 aromatic heterocycles. The summed E-state index contributed by atoms with van der Waals surface area (Å²) in [6, 6.07) is 4.53. The zero-order valence-corrected chi connectivity index (χ0v) is 10.2. The van der Waals surface area contributed by atoms with E-state index in [9.17, 15) is 9.90 Å². The molecule has 0 saturated heterocycles. The molecule has 1 aromatic carbocycles. The highest BCUT2D eigenvalue weighted by atomic mass is 16.5. The van der Waals surface area contributed by atoms with Crippen LogP contribution in [0.3, 0.4) is 0 Å². The van der Waals surface area contributed by atoms with Gasteiger partial charge in [0, 0.05) is 11.5 Å². The minimum absolute atomic E-state index is 0.106. The summed E-state index contributed by atoms with van der Waals surface area (Å²) in [7, 11) is 0. The fraction of sp³-hybridized carbons (Fsp3) is 0.308. The van der Waals surface area contributed by atoms with Crippen molar-refractivity contribution in [2.45, 2.75) is 13.8 Å². The largest absolute Gasteiger partial charge is 0.502 e. The molecule has 0 atom stereocenters. The molecule has 2 aromatic rings. The molecule has 0 saturated carbocycles. The van der Waals surface area contributed by atoms with Gasteiger partial charge in [-0.05, 0) is 26.0 Å². The van der Waals surface area contributed by atoms with Crippen LogP contribution in [-0.4, -0.2) is 18.3 Å². The molecule has 5 nitrogen and oxygen atoms in total. The number of ether oxygens (including phenoxy) is 2. The van der Waals surface area contributed by atoms with E-state index in [4.69, 9.17) is 13.9 Å². The molecule has 0 bridgehead atoms. The molecular weight excluding hydrogens is 236 g/mol. The van der Waals surface area contributed by atoms with Crippen molar-refractivity contribution in [3.05, 3.63) is 28.6 Å². The van der Waals surface area contributed by atoms with Crippen molar-refractivity contribution in [2.24, 2.45) is 0 Å². The Labute approximate surface area is 104 Å². The molecule has 1 heterocycles. The van der Waals surface area contributed by atoms with Gasteiger partial charge >= 0.3 is 5.63 Å². The monoisotopic (exact) mass is 250 g/mol. The Hall–Kier alpha value is -2.17. The zero-order chi connectivity index (χ0) is 13.1. The van der Waals surface area contributed by atoms with E-state index in [1.807, 2.05) is 6.92 Å². The van der Waals surface area contributed by atoms with E-state index in [2.05, 4.69) is 0 Å². The fourth-order valence-corrected chi connectivity index (χ4v) is 1.70. The van der Waals surface area contributed by atoms with Crippen molar-refractivity contribution in [3.63, 3.8) is 0 Å². The summed E-state index contributed by atoms with van der Waals surface area (Å²) in [6.45, 7) is 4.45. The SMILES string of the molecule is CCOc1cc2ccc(=O)oc2c(O)c1OCC. The molecule has 0 unspecified atom stereocenters. The molecule has 0 aliphatic heterocycles. The lowest BCUT2D eigenvalue weighted by Crippen LogP contribution is -2.01. The smallest absolute Gasteiger partial charge is 0.336 e. The Bertz CT molecular complexity index is 615. The quantitative estimate of drug-likeness (QED) is 0.843. The van der Waals surface area contributed by atoms with E-state index >= 15 is 0 Å². The van der Waals surface area contributed by atoms with E-state index in [0.717, 1.165) is 0 Å². The van der Waals surface area contributed by atoms with Gasteiger partial charge < -0.3 is 19.0 Å². The Morgan fingerprint density at radius 3 is 2.61 bits per heavy atom. The van der Waals surface area contributed by atoms with Crippen LogP contribution in [-0.2, 0) is 0 Å². The van der Waals surface area contributed by atoms with Crippen LogP contribution < -0.4 is 15.1 Å². The summed E-state index contributed by atoms with van der Waals surface area (Å²) in [5.74, 6) is 0.412. The van der Waals surface area contributed by atoms with Gasteiger partial charge in [0.2, 0.25) is 11.5 Å². The van der Waals surface area contributed by atoms with E-state index < -0.39 is 5.63 Å². The van der Waals surface area contributed by atoms with Crippen LogP contribution in [0.4, 0.5) is 0 Å². The molecule has 0 amide bonds. The van der Waals surface area contributed by atoms with Crippen molar-refractivity contribution < 1.29 is 19.0 Å². The van der Waals surface area contributed by atoms with Gasteiger partial charge in [-0.1, -0.05) is 0 Å². The Balaban J connectivity index is 2.72. The number of phenolic OH excluding ortho intramolecular Hbond substituents is 1. The first-order valence-electron chi connectivity index (χ1n) is 5.72. The average Bonchev–Trinajstić information content (AvgIpc) is 2.35. The minimum Gasteiger partial charge on any atom is -0.502 e. The van der Waals surface area contributed by atoms with Gasteiger partial charge in [-0.3, -0.25) is 0 Å². The van der Waals surface area contributed by atoms with Crippen LogP contribution in [0, 0.1) is 0 Å². The number of aromatic hydroxyl groups is 1. The number of hydrogen-bond donors (Lipinski definition) is 1. The second kappa shape index (κ2) is 5.00. The summed E-state index contributed by atoms with van der Waals surface area (Å²) in [5.41, 5.74) is -0.418. The van der Waals surface area contributed by atoms with Crippen molar-refractivity contribution in [2.75, 3.05) is 13.2 Å². The molecule has 5 heteroatoms. The number of hydrogen-bond acceptors (Lipinski definition) is 5. The summed E-state index contributed by atoms with van der Waals surface area (Å²) in [4.78, 5) is 11.2. The summed E-state index contributed by atoms with van der Waals surface area (Å²) in [6.07, 6.45) is 0. The number of phenols is 1. The maximum Gasteiger partial charge on any atom is 0.336 e. The molecule has 18 heavy (non-hydrogen) atoms. The number of fused-ring (bicyclic) bond motifs is 1. The van der Waals surface area contributed by atoms with Crippen LogP contribution >= 0.6 is 0 Å². The molecule has 96 valence electrons. The fourth-order valence-electron chi connectivity index (χ4n) is 1.70. The van der Waals surface area contributed by atoms with E-state index in [1.54, 1.807) is 19.1 Å². The molecule has 1 N–H and O–H groups in total. The van der Waals surface area contributed by atoms with Gasteiger partial charge in [0.25, 0.3) is 0 Å². The highest BCUT2D eigenvalue weighted by molar-refractivity contribution is 5.87. The van der Waals surface area contributed by atoms with E-state index in [0.29, 0.717) is 24.3 Å². The predicted octanol–water partition coefficient (Wildman–Crippen LogP) is 2.30. The third kappa shape index (κ3) is 2.11. The first-order valence-corrected chi connectivity index (χ1v) is 5.72. The number of benzene rings is 1. The maximum absolute atomic E-state index is 11.2. The van der Waals surface area contributed by atoms with Crippen molar-refractivity contribution in [1.82, 2.24) is 0 Å². The summed E-state index contributed by atoms with van der Waals surface area (Å²) >= 11 is 0. The van der Waals surface area contributed by atoms with Gasteiger partial charge in [0.15, 0.2) is 11.3 Å². The number of rotatable bonds is 4. The van der Waals surface area contributed by atoms with Crippen LogP contribution in [0.15, 0.2) is 27.4 Å². The Morgan fingerprint density at radius 2 is 1.94 bits per heavy atom. The Kier molecular flexibility index (Phi) is 3.41. The van der Waals surface area contributed by atoms with Gasteiger partial charge in [0.1, 0.15) is 0 Å². The second-order valence-corrected chi connectivity index (χ2v) is 3.59. The molecule has 0 fully saturated rings. The van der Waals surface area contributed by atoms with Crippen LogP contribution in [0.5, 0.6) is 17.2 Å². The van der Waals surface area contributed by atoms with Gasteiger partial charge in [0.05, 0.1) is 13.2 Å². The standard InChI is InChI=1S/C13H14O5/c1-3-16-9-7-8-5-6-10(14)18-12(8)11(15)13(9)17-4-2/h5-7,15H,3-4H2,1-2H3. The highest BCUT2D eigenvalue weighted by Crippen LogP contribution is 2.42. The molecule has 0 aliphatic rings. The predicted molar refractivity (Wildman–Crippen MR) is 66.5 cm³/mol. The molecule has 0 radical (unpaired) electrons. The third-order valence-electron chi connectivity index (χ3n) is 2.39. The van der Waals surface area contributed by atoms with E-state index in [-0.39, 0.29) is 17.1 Å². The third-order valence-corrected chi connectivity index (χ3v) is 2.39. The van der Waals surface area contributed by atoms with Crippen LogP contribution in [0.25, 0.3) is 11.0 Å². The average molecular weight is 250 g/mol. The molecule has 2 rings (SSSR count). The topological polar surface area (TPSA) is 68.9 Å². The lowest BCUT2D eigenvalue weighted by molar-refractivity contribution is 0.275. The molecular formula is C13H14O5. The Morgan fingerprint density at radius 1 is 1.22 bits per heavy atom. The lowest BCUT2D eigenvalue weighted by atomic mass is 10.2. The normalized spacial score (nSPS) is 10.6. The zero-order valence-electron chi connectivity index (χ0n) is 10.2. The van der Waals surface area contributed by atoms with Crippen molar-refractivity contribution in [1.29, 1.82) is 0 Å². The maximum atomic E-state index is 11.2. The van der Waals surface area contributed by atoms with Gasteiger partial charge in [-0.2, -0.15) is 0 Å². The van der Waals surface area contributed by atoms with Crippen LogP contribution in [0.1, 0.15) is 13.8 Å². The van der Waals surface area contributed by atoms with Crippen LogP contribution in [0.2, 0.25) is 0 Å². The lowest BCUT2D eigenvalue weighted by Gasteiger charge is -2.13. The highest BCUT2D eigenvalue weighted by Gasteiger charge is 2.17. The van der Waals surface area contributed by atoms with Crippen molar-refractivity contribution >= 4 is 11.0 Å². The molecule has 0 aliphatic carbocycles.